The summed E-state index contributed by atoms with van der Waals surface area (Å²) < 4.78 is 5.52. The van der Waals surface area contributed by atoms with Crippen molar-refractivity contribution >= 4 is 22.8 Å². The van der Waals surface area contributed by atoms with E-state index in [4.69, 9.17) is 4.74 Å². The number of carbonyl (C=O) groups excluding carboxylic acids is 1. The van der Waals surface area contributed by atoms with Gasteiger partial charge >= 0.3 is 0 Å². The molecule has 1 N–H and O–H groups in total. The highest BCUT2D eigenvalue weighted by molar-refractivity contribution is 5.92. The van der Waals surface area contributed by atoms with E-state index in [9.17, 15) is 4.79 Å². The van der Waals surface area contributed by atoms with Gasteiger partial charge in [-0.25, -0.2) is 9.97 Å². The molecule has 0 aliphatic carbocycles. The summed E-state index contributed by atoms with van der Waals surface area (Å²) in [5.74, 6) is 1.44. The predicted molar refractivity (Wildman–Crippen MR) is 100 cm³/mol. The molecule has 4 heterocycles. The normalized spacial score (nSPS) is 22.0. The fourth-order valence-electron chi connectivity index (χ4n) is 4.13. The van der Waals surface area contributed by atoms with Gasteiger partial charge in [0.1, 0.15) is 17.8 Å². The maximum atomic E-state index is 12.0. The molecule has 2 saturated heterocycles. The zero-order chi connectivity index (χ0) is 18.1. The fraction of sp³-hybridized carbons (Fsp3) is 0.526. The van der Waals surface area contributed by atoms with E-state index < -0.39 is 0 Å². The van der Waals surface area contributed by atoms with E-state index >= 15 is 0 Å². The van der Waals surface area contributed by atoms with Gasteiger partial charge in [0.05, 0.1) is 5.39 Å². The Morgan fingerprint density at radius 1 is 1.35 bits per heavy atom. The molecule has 2 aliphatic rings. The second kappa shape index (κ2) is 7.07. The number of amides is 1. The van der Waals surface area contributed by atoms with Crippen molar-refractivity contribution in [2.24, 2.45) is 0 Å². The van der Waals surface area contributed by atoms with Crippen LogP contribution in [0.3, 0.4) is 0 Å². The van der Waals surface area contributed by atoms with Crippen LogP contribution >= 0.6 is 0 Å². The van der Waals surface area contributed by atoms with E-state index in [1.807, 2.05) is 4.90 Å². The first-order chi connectivity index (χ1) is 12.7. The van der Waals surface area contributed by atoms with Crippen LogP contribution in [0.5, 0.6) is 0 Å². The summed E-state index contributed by atoms with van der Waals surface area (Å²) in [5, 5.41) is 1.12. The van der Waals surface area contributed by atoms with Crippen LogP contribution in [0.25, 0.3) is 11.0 Å². The average molecular weight is 355 g/mol. The van der Waals surface area contributed by atoms with Gasteiger partial charge in [-0.3, -0.25) is 4.79 Å². The highest BCUT2D eigenvalue weighted by atomic mass is 16.5. The number of piperazine rings is 1. The number of fused-ring (bicyclic) bond motifs is 1. The minimum atomic E-state index is -0.00507. The SMILES string of the molecule is C=CC(=O)N1CCN(c2ncnc3[nH]cc(C4CCOCC4)c23)C[C@H]1C. The van der Waals surface area contributed by atoms with E-state index in [2.05, 4.69) is 39.6 Å². The van der Waals surface area contributed by atoms with Crippen molar-refractivity contribution in [3.8, 4) is 0 Å². The predicted octanol–water partition coefficient (Wildman–Crippen LogP) is 2.07. The number of anilines is 1. The molecule has 0 unspecified atom stereocenters. The first-order valence-electron chi connectivity index (χ1n) is 9.26. The third-order valence-electron chi connectivity index (χ3n) is 5.53. The number of aromatic amines is 1. The minimum Gasteiger partial charge on any atom is -0.381 e. The van der Waals surface area contributed by atoms with Crippen LogP contribution in [0, 0.1) is 0 Å². The Bertz CT molecular complexity index is 811. The van der Waals surface area contributed by atoms with Crippen molar-refractivity contribution in [1.82, 2.24) is 19.9 Å². The van der Waals surface area contributed by atoms with Gasteiger partial charge in [0.2, 0.25) is 5.91 Å². The van der Waals surface area contributed by atoms with Crippen molar-refractivity contribution in [2.45, 2.75) is 31.7 Å². The lowest BCUT2D eigenvalue weighted by Crippen LogP contribution is -2.54. The number of rotatable bonds is 3. The first-order valence-corrected chi connectivity index (χ1v) is 9.26. The maximum Gasteiger partial charge on any atom is 0.246 e. The summed E-state index contributed by atoms with van der Waals surface area (Å²) in [6.45, 7) is 9.48. The van der Waals surface area contributed by atoms with Crippen LogP contribution < -0.4 is 4.90 Å². The standard InChI is InChI=1S/C19H25N5O2/c1-3-16(25)24-7-6-23(11-13(24)2)19-17-15(14-4-8-26-9-5-14)10-20-18(17)21-12-22-19/h3,10,12-14H,1,4-9,11H2,2H3,(H,20,21,22)/t13-/m1/s1. The second-order valence-electron chi connectivity index (χ2n) is 7.08. The van der Waals surface area contributed by atoms with Crippen LogP contribution in [0.2, 0.25) is 0 Å². The highest BCUT2D eigenvalue weighted by Crippen LogP contribution is 2.36. The average Bonchev–Trinajstić information content (AvgIpc) is 3.12. The van der Waals surface area contributed by atoms with Gasteiger partial charge in [0.25, 0.3) is 0 Å². The lowest BCUT2D eigenvalue weighted by atomic mass is 9.92. The molecule has 0 aromatic carbocycles. The van der Waals surface area contributed by atoms with Crippen LogP contribution in [0.4, 0.5) is 5.82 Å². The molecule has 7 heteroatoms. The largest absolute Gasteiger partial charge is 0.381 e. The molecule has 2 aromatic rings. The molecule has 2 aromatic heterocycles. The van der Waals surface area contributed by atoms with Crippen molar-refractivity contribution < 1.29 is 9.53 Å². The van der Waals surface area contributed by atoms with Gasteiger partial charge in [-0.2, -0.15) is 0 Å². The zero-order valence-corrected chi connectivity index (χ0v) is 15.1. The summed E-state index contributed by atoms with van der Waals surface area (Å²) in [6, 6.07) is 0.115. The molecule has 138 valence electrons. The Morgan fingerprint density at radius 3 is 2.88 bits per heavy atom. The van der Waals surface area contributed by atoms with E-state index in [0.29, 0.717) is 12.5 Å². The van der Waals surface area contributed by atoms with E-state index in [0.717, 1.165) is 56.0 Å². The Balaban J connectivity index is 1.65. The highest BCUT2D eigenvalue weighted by Gasteiger charge is 2.29. The molecular weight excluding hydrogens is 330 g/mol. The minimum absolute atomic E-state index is 0.00507. The molecular formula is C19H25N5O2. The summed E-state index contributed by atoms with van der Waals surface area (Å²) in [4.78, 5) is 28.5. The lowest BCUT2D eigenvalue weighted by molar-refractivity contribution is -0.128. The van der Waals surface area contributed by atoms with E-state index in [1.54, 1.807) is 6.33 Å². The monoisotopic (exact) mass is 355 g/mol. The Kier molecular flexibility index (Phi) is 4.63. The third-order valence-corrected chi connectivity index (χ3v) is 5.53. The number of aromatic nitrogens is 3. The smallest absolute Gasteiger partial charge is 0.246 e. The van der Waals surface area contributed by atoms with Gasteiger partial charge in [-0.15, -0.1) is 0 Å². The van der Waals surface area contributed by atoms with Crippen molar-refractivity contribution in [3.63, 3.8) is 0 Å². The Hall–Kier alpha value is -2.41. The molecule has 4 rings (SSSR count). The number of H-pyrrole nitrogens is 1. The van der Waals surface area contributed by atoms with Crippen LogP contribution in [-0.4, -0.2) is 64.6 Å². The Morgan fingerprint density at radius 2 is 2.15 bits per heavy atom. The van der Waals surface area contributed by atoms with Gasteiger partial charge < -0.3 is 19.5 Å². The molecule has 7 nitrogen and oxygen atoms in total. The molecule has 0 bridgehead atoms. The maximum absolute atomic E-state index is 12.0. The van der Waals surface area contributed by atoms with E-state index in [-0.39, 0.29) is 11.9 Å². The van der Waals surface area contributed by atoms with Crippen LogP contribution in [0.15, 0.2) is 25.2 Å². The summed E-state index contributed by atoms with van der Waals surface area (Å²) >= 11 is 0. The molecule has 1 amide bonds. The number of carbonyl (C=O) groups is 1. The molecule has 26 heavy (non-hydrogen) atoms. The number of hydrogen-bond acceptors (Lipinski definition) is 5. The summed E-state index contributed by atoms with van der Waals surface area (Å²) in [7, 11) is 0. The Labute approximate surface area is 153 Å². The zero-order valence-electron chi connectivity index (χ0n) is 15.1. The molecule has 1 atom stereocenters. The van der Waals surface area contributed by atoms with Gasteiger partial charge in [0.15, 0.2) is 0 Å². The number of nitrogens with zero attached hydrogens (tertiary/aromatic N) is 4. The van der Waals surface area contributed by atoms with Crippen molar-refractivity contribution in [1.29, 1.82) is 0 Å². The van der Waals surface area contributed by atoms with Crippen LogP contribution in [-0.2, 0) is 9.53 Å². The molecule has 2 aliphatic heterocycles. The molecule has 0 saturated carbocycles. The third kappa shape index (κ3) is 2.96. The lowest BCUT2D eigenvalue weighted by Gasteiger charge is -2.40. The fourth-order valence-corrected chi connectivity index (χ4v) is 4.13. The van der Waals surface area contributed by atoms with Crippen molar-refractivity contribution in [2.75, 3.05) is 37.7 Å². The number of hydrogen-bond donors (Lipinski definition) is 1. The van der Waals surface area contributed by atoms with Crippen molar-refractivity contribution in [3.05, 3.63) is 30.7 Å². The second-order valence-corrected chi connectivity index (χ2v) is 7.08. The van der Waals surface area contributed by atoms with Gasteiger partial charge in [-0.1, -0.05) is 6.58 Å². The van der Waals surface area contributed by atoms with E-state index in [1.165, 1.54) is 11.6 Å². The van der Waals surface area contributed by atoms with Gasteiger partial charge in [-0.05, 0) is 37.3 Å². The number of nitrogens with one attached hydrogen (secondary N) is 1. The van der Waals surface area contributed by atoms with Crippen LogP contribution in [0.1, 0.15) is 31.2 Å². The topological polar surface area (TPSA) is 74.4 Å². The summed E-state index contributed by atoms with van der Waals surface area (Å²) in [5.41, 5.74) is 2.17. The molecule has 2 fully saturated rings. The van der Waals surface area contributed by atoms with Gasteiger partial charge in [0, 0.05) is 45.1 Å². The first kappa shape index (κ1) is 17.0. The number of ether oxygens (including phenoxy) is 1. The quantitative estimate of drug-likeness (QED) is 0.853. The summed E-state index contributed by atoms with van der Waals surface area (Å²) in [6.07, 6.45) is 7.15. The molecule has 0 spiro atoms. The molecule has 0 radical (unpaired) electrons.